The molecule has 0 spiro atoms. The van der Waals surface area contributed by atoms with Gasteiger partial charge in [-0.3, -0.25) is 0 Å². The maximum Gasteiger partial charge on any atom is 0.190 e. The first-order valence-electron chi connectivity index (χ1n) is 13.0. The van der Waals surface area contributed by atoms with Crippen molar-refractivity contribution in [2.75, 3.05) is 13.1 Å². The molecule has 2 aromatic carbocycles. The SMILES string of the molecule is [2H]c1c([N+]#[C-])c(C)c([2H])c2c1C([2H])(C)O[C@@]2(CC(C)CN(CC)C(C)C)c1ccc(F)c(C)c1C. The quantitative estimate of drug-likeness (QED) is 0.418. The van der Waals surface area contributed by atoms with Gasteiger partial charge >= 0.3 is 0 Å². The van der Waals surface area contributed by atoms with Crippen LogP contribution in [0.25, 0.3) is 4.85 Å². The van der Waals surface area contributed by atoms with Gasteiger partial charge in [0.2, 0.25) is 0 Å². The predicted molar refractivity (Wildman–Crippen MR) is 130 cm³/mol. The van der Waals surface area contributed by atoms with Crippen molar-refractivity contribution < 1.29 is 13.2 Å². The monoisotopic (exact) mass is 439 g/mol. The fourth-order valence-corrected chi connectivity index (χ4v) is 4.96. The van der Waals surface area contributed by atoms with E-state index >= 15 is 0 Å². The molecule has 3 atom stereocenters. The summed E-state index contributed by atoms with van der Waals surface area (Å²) in [5.41, 5.74) is 1.97. The maximum atomic E-state index is 14.5. The molecular weight excluding hydrogens is 399 g/mol. The van der Waals surface area contributed by atoms with Gasteiger partial charge in [0, 0.05) is 14.0 Å². The normalized spacial score (nSPS) is 24.8. The molecule has 1 aliphatic rings. The first-order chi connectivity index (χ1) is 16.2. The third kappa shape index (κ3) is 4.21. The molecule has 1 heterocycles. The lowest BCUT2D eigenvalue weighted by Crippen LogP contribution is -2.38. The van der Waals surface area contributed by atoms with Crippen molar-refractivity contribution in [2.45, 2.75) is 79.5 Å². The fraction of sp³-hybridized carbons (Fsp3) is 0.536. The highest BCUT2D eigenvalue weighted by Crippen LogP contribution is 2.53. The van der Waals surface area contributed by atoms with Crippen LogP contribution in [0.5, 0.6) is 0 Å². The third-order valence-electron chi connectivity index (χ3n) is 6.83. The van der Waals surface area contributed by atoms with Crippen molar-refractivity contribution in [1.29, 1.82) is 0 Å². The van der Waals surface area contributed by atoms with E-state index in [9.17, 15) is 4.39 Å². The lowest BCUT2D eigenvalue weighted by atomic mass is 9.76. The van der Waals surface area contributed by atoms with Crippen LogP contribution in [0.1, 0.15) is 84.6 Å². The Balaban J connectivity index is 2.36. The van der Waals surface area contributed by atoms with Crippen molar-refractivity contribution in [1.82, 2.24) is 4.90 Å². The molecule has 172 valence electrons. The topological polar surface area (TPSA) is 16.8 Å². The molecule has 32 heavy (non-hydrogen) atoms. The Morgan fingerprint density at radius 3 is 2.50 bits per heavy atom. The standard InChI is InChI=1S/C28H37FN2O/c1-10-31(17(2)3)16-18(4)15-28(24-11-12-26(29)21(7)20(24)6)25-13-19(5)27(30-9)14-23(25)22(8)32-28/h11-14,17-18,22H,10,15-16H2,1-8H3/t18?,22?,28-/m0/s1/i13D,14D,22D. The summed E-state index contributed by atoms with van der Waals surface area (Å²) in [4.78, 5) is 5.88. The summed E-state index contributed by atoms with van der Waals surface area (Å²) in [6, 6.07) is 3.57. The van der Waals surface area contributed by atoms with E-state index in [0.717, 1.165) is 24.2 Å². The van der Waals surface area contributed by atoms with Crippen LogP contribution in [0.3, 0.4) is 0 Å². The van der Waals surface area contributed by atoms with Gasteiger partial charge in [0.1, 0.15) is 11.4 Å². The molecule has 0 aliphatic carbocycles. The molecule has 2 aromatic rings. The van der Waals surface area contributed by atoms with Crippen molar-refractivity contribution in [3.05, 3.63) is 74.8 Å². The van der Waals surface area contributed by atoms with E-state index in [1.807, 2.05) is 6.92 Å². The zero-order chi connectivity index (χ0) is 26.5. The maximum absolute atomic E-state index is 14.5. The van der Waals surface area contributed by atoms with Crippen molar-refractivity contribution in [3.63, 3.8) is 0 Å². The molecule has 0 saturated heterocycles. The van der Waals surface area contributed by atoms with Crippen molar-refractivity contribution >= 4 is 5.69 Å². The van der Waals surface area contributed by atoms with Gasteiger partial charge in [0.15, 0.2) is 5.69 Å². The number of benzene rings is 2. The van der Waals surface area contributed by atoms with Gasteiger partial charge < -0.3 is 9.64 Å². The molecule has 3 rings (SSSR count). The van der Waals surface area contributed by atoms with E-state index in [1.54, 1.807) is 26.8 Å². The molecule has 1 aliphatic heterocycles. The Morgan fingerprint density at radius 1 is 1.22 bits per heavy atom. The molecule has 2 unspecified atom stereocenters. The van der Waals surface area contributed by atoms with E-state index in [2.05, 4.69) is 37.4 Å². The summed E-state index contributed by atoms with van der Waals surface area (Å²) < 4.78 is 48.1. The highest BCUT2D eigenvalue weighted by Gasteiger charge is 2.47. The minimum Gasteiger partial charge on any atom is -0.358 e. The van der Waals surface area contributed by atoms with Crippen molar-refractivity contribution in [2.24, 2.45) is 5.92 Å². The van der Waals surface area contributed by atoms with E-state index in [0.29, 0.717) is 29.2 Å². The first-order valence-corrected chi connectivity index (χ1v) is 11.5. The van der Waals surface area contributed by atoms with Crippen LogP contribution < -0.4 is 0 Å². The Morgan fingerprint density at radius 2 is 1.91 bits per heavy atom. The molecule has 0 bridgehead atoms. The zero-order valence-electron chi connectivity index (χ0n) is 23.6. The Kier molecular flexibility index (Phi) is 5.95. The number of ether oxygens (including phenoxy) is 1. The number of halogens is 1. The van der Waals surface area contributed by atoms with Gasteiger partial charge in [0.05, 0.1) is 15.4 Å². The largest absolute Gasteiger partial charge is 0.358 e. The molecule has 4 heteroatoms. The van der Waals surface area contributed by atoms with Crippen molar-refractivity contribution in [3.8, 4) is 0 Å². The highest BCUT2D eigenvalue weighted by molar-refractivity contribution is 5.61. The van der Waals surface area contributed by atoms with E-state index in [-0.39, 0.29) is 35.1 Å². The summed E-state index contributed by atoms with van der Waals surface area (Å²) >= 11 is 0. The molecule has 3 nitrogen and oxygen atoms in total. The predicted octanol–water partition coefficient (Wildman–Crippen LogP) is 7.39. The second kappa shape index (κ2) is 9.33. The molecule has 0 fully saturated rings. The summed E-state index contributed by atoms with van der Waals surface area (Å²) in [5.74, 6) is -0.205. The number of rotatable bonds is 7. The van der Waals surface area contributed by atoms with Gasteiger partial charge in [-0.25, -0.2) is 9.24 Å². The number of fused-ring (bicyclic) bond motifs is 1. The molecule has 0 saturated carbocycles. The van der Waals surface area contributed by atoms with E-state index in [1.165, 1.54) is 6.07 Å². The second-order valence-corrected chi connectivity index (χ2v) is 9.41. The molecule has 0 aromatic heterocycles. The van der Waals surface area contributed by atoms with Crippen LogP contribution in [0.15, 0.2) is 24.2 Å². The minimum absolute atomic E-state index is 0.0515. The van der Waals surface area contributed by atoms with Gasteiger partial charge in [0.25, 0.3) is 0 Å². The number of nitrogens with zero attached hydrogens (tertiary/aromatic N) is 2. The van der Waals surface area contributed by atoms with Crippen LogP contribution in [0, 0.1) is 39.1 Å². The van der Waals surface area contributed by atoms with E-state index < -0.39 is 11.7 Å². The summed E-state index contributed by atoms with van der Waals surface area (Å²) in [6.07, 6.45) is -1.17. The lowest BCUT2D eigenvalue weighted by Gasteiger charge is -2.37. The first kappa shape index (κ1) is 20.4. The molecule has 0 N–H and O–H groups in total. The second-order valence-electron chi connectivity index (χ2n) is 9.41. The fourth-order valence-electron chi connectivity index (χ4n) is 4.96. The lowest BCUT2D eigenvalue weighted by molar-refractivity contribution is -0.0571. The van der Waals surface area contributed by atoms with Crippen LogP contribution in [-0.4, -0.2) is 24.0 Å². The average Bonchev–Trinajstić information content (AvgIpc) is 3.01. The Bertz CT molecular complexity index is 1190. The summed E-state index contributed by atoms with van der Waals surface area (Å²) in [7, 11) is 0. The van der Waals surface area contributed by atoms with Crippen LogP contribution >= 0.6 is 0 Å². The molecule has 0 amide bonds. The summed E-state index contributed by atoms with van der Waals surface area (Å²) in [6.45, 7) is 24.7. The van der Waals surface area contributed by atoms with Crippen LogP contribution in [0.2, 0.25) is 0 Å². The smallest absolute Gasteiger partial charge is 0.190 e. The Labute approximate surface area is 197 Å². The van der Waals surface area contributed by atoms with E-state index in [4.69, 9.17) is 15.4 Å². The highest BCUT2D eigenvalue weighted by atomic mass is 19.1. The number of hydrogen-bond acceptors (Lipinski definition) is 2. The Hall–Kier alpha value is -2.22. The van der Waals surface area contributed by atoms with Gasteiger partial charge in [-0.15, -0.1) is 0 Å². The van der Waals surface area contributed by atoms with Gasteiger partial charge in [-0.2, -0.15) is 0 Å². The number of hydrogen-bond donors (Lipinski definition) is 0. The van der Waals surface area contributed by atoms with Gasteiger partial charge in [-0.1, -0.05) is 32.0 Å². The average molecular weight is 440 g/mol. The van der Waals surface area contributed by atoms with Crippen LogP contribution in [0.4, 0.5) is 10.1 Å². The summed E-state index contributed by atoms with van der Waals surface area (Å²) in [5, 5.41) is 0. The van der Waals surface area contributed by atoms with Gasteiger partial charge in [-0.05, 0) is 99.9 Å². The van der Waals surface area contributed by atoms with Crippen LogP contribution in [-0.2, 0) is 10.3 Å². The minimum atomic E-state index is -1.63. The zero-order valence-corrected chi connectivity index (χ0v) is 20.6. The molecular formula is C28H37FN2O. The third-order valence-corrected chi connectivity index (χ3v) is 6.83. The molecule has 0 radical (unpaired) electrons.